The molecule has 1 N–H and O–H groups in total. The molecule has 1 aliphatic heterocycles. The first-order valence-electron chi connectivity index (χ1n) is 17.4. The van der Waals surface area contributed by atoms with Crippen molar-refractivity contribution in [3.63, 3.8) is 0 Å². The summed E-state index contributed by atoms with van der Waals surface area (Å²) in [6, 6.07) is 20.4. The number of ether oxygens (including phenoxy) is 1. The Balaban J connectivity index is 1.39. The summed E-state index contributed by atoms with van der Waals surface area (Å²) in [6.45, 7) is 0. The van der Waals surface area contributed by atoms with Crippen LogP contribution in [0.3, 0.4) is 0 Å². The number of nitrogens with zero attached hydrogens (tertiary/aromatic N) is 1. The predicted octanol–water partition coefficient (Wildman–Crippen LogP) is 8.08. The first-order valence-corrected chi connectivity index (χ1v) is 19.0. The molecule has 7 nitrogen and oxygen atoms in total. The lowest BCUT2D eigenvalue weighted by atomic mass is 9.44. The number of halogens is 2. The number of Topliss-reactive ketones (excluding diaryl/α,β-unsaturated/α-hetero) is 1. The molecular formula is C41H37Br2NO6. The average molecular weight is 800 g/mol. The molecule has 1 heterocycles. The number of hydrogen-bond acceptors (Lipinski definition) is 6. The van der Waals surface area contributed by atoms with Crippen molar-refractivity contribution in [1.29, 1.82) is 0 Å². The van der Waals surface area contributed by atoms with Gasteiger partial charge < -0.3 is 9.84 Å². The van der Waals surface area contributed by atoms with Crippen molar-refractivity contribution in [3.8, 4) is 11.5 Å². The van der Waals surface area contributed by atoms with Crippen molar-refractivity contribution in [2.75, 3.05) is 7.11 Å². The number of carbonyl (C=O) groups is 4. The molecule has 256 valence electrons. The van der Waals surface area contributed by atoms with Crippen LogP contribution in [-0.4, -0.2) is 46.5 Å². The molecule has 4 aliphatic carbocycles. The Labute approximate surface area is 308 Å². The van der Waals surface area contributed by atoms with E-state index in [9.17, 15) is 14.7 Å². The molecule has 9 heteroatoms. The van der Waals surface area contributed by atoms with Crippen LogP contribution in [-0.2, 0) is 24.6 Å². The van der Waals surface area contributed by atoms with Gasteiger partial charge in [0.1, 0.15) is 0 Å². The minimum atomic E-state index is -1.38. The van der Waals surface area contributed by atoms with Crippen LogP contribution in [0.4, 0.5) is 0 Å². The van der Waals surface area contributed by atoms with Crippen LogP contribution >= 0.6 is 31.9 Å². The van der Waals surface area contributed by atoms with Crippen LogP contribution in [0.1, 0.15) is 67.6 Å². The monoisotopic (exact) mass is 797 g/mol. The second-order valence-electron chi connectivity index (χ2n) is 14.3. The topological polar surface area (TPSA) is 101 Å². The summed E-state index contributed by atoms with van der Waals surface area (Å²) in [5.41, 5.74) is 1.85. The van der Waals surface area contributed by atoms with Gasteiger partial charge in [-0.2, -0.15) is 0 Å². The number of rotatable bonds is 5. The number of aromatic hydroxyl groups is 1. The van der Waals surface area contributed by atoms with Gasteiger partial charge >= 0.3 is 0 Å². The SMILES string of the molecule is COc1cc([C@H]2C3=CC[C@@H]4C(=O)N(C5CCCCC5)C(=O)[C@@H]4[C@@H]3C[C@H]3C(=O)C(c4ccccc4)=CC(=O)[C@@]23c2ccccc2)c(Br)c(Br)c1O. The van der Waals surface area contributed by atoms with E-state index in [2.05, 4.69) is 37.9 Å². The van der Waals surface area contributed by atoms with Crippen LogP contribution in [0.15, 0.2) is 93.4 Å². The number of likely N-dealkylation sites (tertiary alicyclic amines) is 1. The summed E-state index contributed by atoms with van der Waals surface area (Å²) in [4.78, 5) is 60.7. The van der Waals surface area contributed by atoms with E-state index < -0.39 is 35.0 Å². The van der Waals surface area contributed by atoms with E-state index in [1.165, 1.54) is 13.2 Å². The van der Waals surface area contributed by atoms with E-state index in [4.69, 9.17) is 4.74 Å². The third kappa shape index (κ3) is 4.79. The third-order valence-corrected chi connectivity index (χ3v) is 14.2. The maximum Gasteiger partial charge on any atom is 0.233 e. The average Bonchev–Trinajstić information content (AvgIpc) is 3.41. The van der Waals surface area contributed by atoms with Gasteiger partial charge in [-0.1, -0.05) is 91.6 Å². The zero-order valence-electron chi connectivity index (χ0n) is 27.6. The van der Waals surface area contributed by atoms with Crippen LogP contribution in [0, 0.1) is 23.7 Å². The standard InChI is InChI=1S/C41H37Br2NO6/c1-50-31-20-29(35(42)36(43)38(31)47)34-25-17-18-26-33(40(49)44(39(26)48)24-15-9-4-10-16-24)28(25)19-30-37(46)27(22-11-5-2-6-12-22)21-32(45)41(30,34)23-13-7-3-8-14-23/h2-3,5-8,11-14,17,20-21,24,26,28,30,33-34,47H,4,9-10,15-16,18-19H2,1H3/t26-,28+,30-,33-,34+,41-/m0/s1. The lowest BCUT2D eigenvalue weighted by Crippen LogP contribution is -2.59. The first kappa shape index (κ1) is 33.3. The normalized spacial score (nSPS) is 29.6. The van der Waals surface area contributed by atoms with Crippen molar-refractivity contribution in [2.24, 2.45) is 23.7 Å². The van der Waals surface area contributed by atoms with Crippen LogP contribution in [0.25, 0.3) is 5.57 Å². The minimum Gasteiger partial charge on any atom is -0.503 e. The quantitative estimate of drug-likeness (QED) is 0.207. The molecule has 0 bridgehead atoms. The lowest BCUT2D eigenvalue weighted by Gasteiger charge is -2.55. The number of phenols is 1. The molecule has 2 saturated carbocycles. The van der Waals surface area contributed by atoms with E-state index in [0.29, 0.717) is 37.6 Å². The van der Waals surface area contributed by atoms with Crippen molar-refractivity contribution in [2.45, 2.75) is 62.3 Å². The van der Waals surface area contributed by atoms with Gasteiger partial charge in [0.15, 0.2) is 23.1 Å². The highest BCUT2D eigenvalue weighted by Gasteiger charge is 2.66. The molecule has 2 amide bonds. The number of imide groups is 1. The molecule has 3 aromatic carbocycles. The Morgan fingerprint density at radius 2 is 1.54 bits per heavy atom. The van der Waals surface area contributed by atoms with E-state index in [-0.39, 0.29) is 47.3 Å². The summed E-state index contributed by atoms with van der Waals surface area (Å²) in [5, 5.41) is 11.0. The third-order valence-electron chi connectivity index (χ3n) is 12.1. The van der Waals surface area contributed by atoms with Crippen molar-refractivity contribution < 1.29 is 29.0 Å². The van der Waals surface area contributed by atoms with Gasteiger partial charge in [0.05, 0.1) is 28.8 Å². The molecule has 5 aliphatic rings. The number of methoxy groups -OCH3 is 1. The van der Waals surface area contributed by atoms with Gasteiger partial charge in [0.25, 0.3) is 0 Å². The van der Waals surface area contributed by atoms with E-state index in [1.54, 1.807) is 11.0 Å². The molecule has 6 atom stereocenters. The molecule has 50 heavy (non-hydrogen) atoms. The molecule has 8 rings (SSSR count). The van der Waals surface area contributed by atoms with E-state index in [1.807, 2.05) is 60.7 Å². The van der Waals surface area contributed by atoms with Crippen LogP contribution < -0.4 is 4.74 Å². The van der Waals surface area contributed by atoms with Crippen LogP contribution in [0.2, 0.25) is 0 Å². The number of allylic oxidation sites excluding steroid dienone is 4. The fourth-order valence-corrected chi connectivity index (χ4v) is 10.9. The molecule has 3 aromatic rings. The van der Waals surface area contributed by atoms with Crippen molar-refractivity contribution in [3.05, 3.63) is 110 Å². The van der Waals surface area contributed by atoms with Gasteiger partial charge in [-0.05, 0) is 92.3 Å². The Kier molecular flexibility index (Phi) is 8.50. The summed E-state index contributed by atoms with van der Waals surface area (Å²) < 4.78 is 6.52. The summed E-state index contributed by atoms with van der Waals surface area (Å²) in [6.07, 6.45) is 8.92. The number of hydrogen-bond donors (Lipinski definition) is 1. The molecule has 3 fully saturated rings. The summed E-state index contributed by atoms with van der Waals surface area (Å²) in [7, 11) is 1.47. The van der Waals surface area contributed by atoms with Gasteiger partial charge in [-0.15, -0.1) is 0 Å². The zero-order valence-corrected chi connectivity index (χ0v) is 30.8. The smallest absolute Gasteiger partial charge is 0.233 e. The maximum absolute atomic E-state index is 15.3. The molecular weight excluding hydrogens is 762 g/mol. The molecule has 0 unspecified atom stereocenters. The second-order valence-corrected chi connectivity index (χ2v) is 15.9. The second kappa shape index (κ2) is 12.7. The van der Waals surface area contributed by atoms with Gasteiger partial charge in [0, 0.05) is 27.9 Å². The minimum absolute atomic E-state index is 0.0995. The van der Waals surface area contributed by atoms with Crippen molar-refractivity contribution in [1.82, 2.24) is 4.90 Å². The highest BCUT2D eigenvalue weighted by atomic mass is 79.9. The number of carbonyl (C=O) groups excluding carboxylic acids is 4. The van der Waals surface area contributed by atoms with E-state index in [0.717, 1.165) is 37.7 Å². The van der Waals surface area contributed by atoms with Gasteiger partial charge in [0.2, 0.25) is 11.8 Å². The number of benzene rings is 3. The summed E-state index contributed by atoms with van der Waals surface area (Å²) >= 11 is 7.31. The first-order chi connectivity index (χ1) is 24.2. The number of ketones is 2. The molecule has 1 saturated heterocycles. The number of fused-ring (bicyclic) bond motifs is 4. The maximum atomic E-state index is 15.3. The van der Waals surface area contributed by atoms with E-state index >= 15 is 9.59 Å². The fourth-order valence-electron chi connectivity index (χ4n) is 9.92. The summed E-state index contributed by atoms with van der Waals surface area (Å²) in [5.74, 6) is -3.68. The molecule has 0 aromatic heterocycles. The van der Waals surface area contributed by atoms with Crippen LogP contribution in [0.5, 0.6) is 11.5 Å². The highest BCUT2D eigenvalue weighted by Crippen LogP contribution is 2.65. The lowest BCUT2D eigenvalue weighted by molar-refractivity contribution is -0.144. The largest absolute Gasteiger partial charge is 0.503 e. The Morgan fingerprint density at radius 1 is 0.860 bits per heavy atom. The number of phenolic OH excluding ortho intramolecular Hbond substituents is 1. The Hall–Kier alpha value is -3.82. The predicted molar refractivity (Wildman–Crippen MR) is 195 cm³/mol. The highest BCUT2D eigenvalue weighted by molar-refractivity contribution is 9.13. The van der Waals surface area contributed by atoms with Gasteiger partial charge in [-0.25, -0.2) is 0 Å². The Bertz CT molecular complexity index is 1980. The van der Waals surface area contributed by atoms with Crippen molar-refractivity contribution >= 4 is 60.8 Å². The Morgan fingerprint density at radius 3 is 2.22 bits per heavy atom. The van der Waals surface area contributed by atoms with Gasteiger partial charge in [-0.3, -0.25) is 24.1 Å². The number of amides is 2. The fraction of sp³-hybridized carbons (Fsp3) is 0.366. The molecule has 0 radical (unpaired) electrons. The molecule has 0 spiro atoms. The zero-order chi connectivity index (χ0) is 34.9.